The highest BCUT2D eigenvalue weighted by molar-refractivity contribution is 6.01. The van der Waals surface area contributed by atoms with Crippen LogP contribution in [0.5, 0.6) is 0 Å². The molecule has 2 heterocycles. The lowest BCUT2D eigenvalue weighted by atomic mass is 9.73. The second-order valence-corrected chi connectivity index (χ2v) is 8.18. The van der Waals surface area contributed by atoms with E-state index in [0.29, 0.717) is 11.2 Å². The van der Waals surface area contributed by atoms with Crippen LogP contribution in [0.25, 0.3) is 21.9 Å². The van der Waals surface area contributed by atoms with E-state index in [-0.39, 0.29) is 0 Å². The summed E-state index contributed by atoms with van der Waals surface area (Å²) in [4.78, 5) is 6.83. The Hall–Kier alpha value is -2.39. The Morgan fingerprint density at radius 1 is 1.04 bits per heavy atom. The van der Waals surface area contributed by atoms with Crippen LogP contribution in [0.3, 0.4) is 0 Å². The maximum absolute atomic E-state index is 6.09. The number of nitrogens with two attached hydrogens (primary N) is 1. The Balaban J connectivity index is 1.54. The Morgan fingerprint density at radius 2 is 1.89 bits per heavy atom. The second-order valence-electron chi connectivity index (χ2n) is 8.18. The number of hydrogen-bond donors (Lipinski definition) is 1. The maximum Gasteiger partial charge on any atom is 0.131 e. The number of rotatable bonds is 2. The standard InChI is InChI=1S/C24H27N3/c1-2-27-14-11-24(12-15-27)10-8-18-16-17(6-7-22(18)24)19-4-3-5-21-20(19)9-13-26-23(21)25/h3-7,9,13,16H,2,8,10-12,14-15H2,1H3,(H2,25,26). The topological polar surface area (TPSA) is 42.1 Å². The monoisotopic (exact) mass is 357 g/mol. The van der Waals surface area contributed by atoms with Gasteiger partial charge in [-0.1, -0.05) is 43.3 Å². The molecule has 27 heavy (non-hydrogen) atoms. The average Bonchev–Trinajstić information content (AvgIpc) is 3.06. The number of likely N-dealkylation sites (tertiary alicyclic amines) is 1. The molecule has 3 nitrogen and oxygen atoms in total. The van der Waals surface area contributed by atoms with Crippen LogP contribution in [-0.4, -0.2) is 29.5 Å². The fourth-order valence-electron chi connectivity index (χ4n) is 5.29. The minimum atomic E-state index is 0.423. The number of aromatic nitrogens is 1. The van der Waals surface area contributed by atoms with Crippen LogP contribution >= 0.6 is 0 Å². The summed E-state index contributed by atoms with van der Waals surface area (Å²) in [5.74, 6) is 0.608. The molecule has 0 saturated carbocycles. The molecule has 3 heteroatoms. The highest BCUT2D eigenvalue weighted by atomic mass is 15.1. The Kier molecular flexibility index (Phi) is 3.94. The van der Waals surface area contributed by atoms with E-state index in [4.69, 9.17) is 5.73 Å². The Bertz CT molecular complexity index is 1000. The van der Waals surface area contributed by atoms with Crippen LogP contribution in [0, 0.1) is 0 Å². The summed E-state index contributed by atoms with van der Waals surface area (Å²) >= 11 is 0. The molecule has 1 spiro atoms. The molecular weight excluding hydrogens is 330 g/mol. The first-order chi connectivity index (χ1) is 13.2. The summed E-state index contributed by atoms with van der Waals surface area (Å²) in [5, 5.41) is 2.23. The second kappa shape index (κ2) is 6.35. The summed E-state index contributed by atoms with van der Waals surface area (Å²) in [6.07, 6.45) is 6.96. The zero-order valence-electron chi connectivity index (χ0n) is 16.0. The van der Waals surface area contributed by atoms with Crippen molar-refractivity contribution in [3.05, 3.63) is 59.8 Å². The van der Waals surface area contributed by atoms with Gasteiger partial charge in [-0.3, -0.25) is 0 Å². The van der Waals surface area contributed by atoms with Crippen molar-refractivity contribution >= 4 is 16.6 Å². The number of nitrogens with zero attached hydrogens (tertiary/aromatic N) is 2. The molecular formula is C24H27N3. The lowest BCUT2D eigenvalue weighted by molar-refractivity contribution is 0.165. The molecule has 2 N–H and O–H groups in total. The van der Waals surface area contributed by atoms with Gasteiger partial charge in [-0.15, -0.1) is 0 Å². The van der Waals surface area contributed by atoms with E-state index in [2.05, 4.69) is 59.3 Å². The van der Waals surface area contributed by atoms with E-state index in [0.717, 1.165) is 5.39 Å². The number of benzene rings is 2. The van der Waals surface area contributed by atoms with Crippen LogP contribution in [0.1, 0.15) is 37.3 Å². The maximum atomic E-state index is 6.09. The van der Waals surface area contributed by atoms with Gasteiger partial charge in [0.05, 0.1) is 0 Å². The summed E-state index contributed by atoms with van der Waals surface area (Å²) in [5.41, 5.74) is 12.2. The summed E-state index contributed by atoms with van der Waals surface area (Å²) in [6, 6.07) is 15.6. The number of hydrogen-bond acceptors (Lipinski definition) is 3. The van der Waals surface area contributed by atoms with Crippen molar-refractivity contribution in [2.75, 3.05) is 25.4 Å². The molecule has 0 atom stereocenters. The molecule has 2 aliphatic rings. The lowest BCUT2D eigenvalue weighted by Crippen LogP contribution is -2.41. The molecule has 0 unspecified atom stereocenters. The largest absolute Gasteiger partial charge is 0.383 e. The highest BCUT2D eigenvalue weighted by Gasteiger charge is 2.40. The van der Waals surface area contributed by atoms with Gasteiger partial charge in [-0.05, 0) is 84.4 Å². The van der Waals surface area contributed by atoms with E-state index in [9.17, 15) is 0 Å². The number of anilines is 1. The molecule has 2 aromatic carbocycles. The van der Waals surface area contributed by atoms with E-state index in [1.54, 1.807) is 11.1 Å². The van der Waals surface area contributed by atoms with E-state index in [1.165, 1.54) is 61.8 Å². The normalized spacial score (nSPS) is 18.9. The van der Waals surface area contributed by atoms with E-state index >= 15 is 0 Å². The van der Waals surface area contributed by atoms with Gasteiger partial charge in [-0.25, -0.2) is 4.98 Å². The predicted molar refractivity (Wildman–Crippen MR) is 113 cm³/mol. The first-order valence-corrected chi connectivity index (χ1v) is 10.2. The Labute approximate surface area is 161 Å². The van der Waals surface area contributed by atoms with E-state index in [1.807, 2.05) is 6.20 Å². The van der Waals surface area contributed by atoms with E-state index < -0.39 is 0 Å². The molecule has 5 rings (SSSR count). The van der Waals surface area contributed by atoms with Crippen molar-refractivity contribution in [1.82, 2.24) is 9.88 Å². The fraction of sp³-hybridized carbons (Fsp3) is 0.375. The van der Waals surface area contributed by atoms with Crippen molar-refractivity contribution < 1.29 is 0 Å². The van der Waals surface area contributed by atoms with Crippen molar-refractivity contribution in [2.45, 2.75) is 38.0 Å². The summed E-state index contributed by atoms with van der Waals surface area (Å²) < 4.78 is 0. The van der Waals surface area contributed by atoms with Gasteiger partial charge < -0.3 is 10.6 Å². The highest BCUT2D eigenvalue weighted by Crippen LogP contribution is 2.47. The van der Waals surface area contributed by atoms with Crippen molar-refractivity contribution in [3.63, 3.8) is 0 Å². The molecule has 1 aliphatic carbocycles. The van der Waals surface area contributed by atoms with Gasteiger partial charge in [0, 0.05) is 11.6 Å². The third-order valence-electron chi connectivity index (χ3n) is 6.96. The third kappa shape index (κ3) is 2.64. The molecule has 0 amide bonds. The van der Waals surface area contributed by atoms with Gasteiger partial charge in [0.25, 0.3) is 0 Å². The van der Waals surface area contributed by atoms with Crippen LogP contribution in [0.4, 0.5) is 5.82 Å². The third-order valence-corrected chi connectivity index (χ3v) is 6.96. The molecule has 0 bridgehead atoms. The fourth-order valence-corrected chi connectivity index (χ4v) is 5.29. The number of piperidine rings is 1. The van der Waals surface area contributed by atoms with Gasteiger partial charge in [0.2, 0.25) is 0 Å². The minimum absolute atomic E-state index is 0.423. The van der Waals surface area contributed by atoms with Crippen LogP contribution in [-0.2, 0) is 11.8 Å². The molecule has 1 aliphatic heterocycles. The van der Waals surface area contributed by atoms with Crippen LogP contribution < -0.4 is 5.73 Å². The smallest absolute Gasteiger partial charge is 0.131 e. The molecule has 138 valence electrons. The average molecular weight is 358 g/mol. The summed E-state index contributed by atoms with van der Waals surface area (Å²) in [6.45, 7) is 5.95. The first-order valence-electron chi connectivity index (χ1n) is 10.2. The minimum Gasteiger partial charge on any atom is -0.383 e. The van der Waals surface area contributed by atoms with Crippen LogP contribution in [0.2, 0.25) is 0 Å². The van der Waals surface area contributed by atoms with Crippen LogP contribution in [0.15, 0.2) is 48.7 Å². The predicted octanol–water partition coefficient (Wildman–Crippen LogP) is 4.78. The number of aryl methyl sites for hydroxylation is 1. The molecule has 1 fully saturated rings. The Morgan fingerprint density at radius 3 is 2.70 bits per heavy atom. The quantitative estimate of drug-likeness (QED) is 0.717. The van der Waals surface area contributed by atoms with Crippen molar-refractivity contribution in [2.24, 2.45) is 0 Å². The summed E-state index contributed by atoms with van der Waals surface area (Å²) in [7, 11) is 0. The molecule has 0 radical (unpaired) electrons. The van der Waals surface area contributed by atoms with Gasteiger partial charge >= 0.3 is 0 Å². The number of pyridine rings is 1. The molecule has 3 aromatic rings. The molecule has 1 aromatic heterocycles. The number of fused-ring (bicyclic) bond motifs is 3. The van der Waals surface area contributed by atoms with Crippen molar-refractivity contribution in [1.29, 1.82) is 0 Å². The van der Waals surface area contributed by atoms with Gasteiger partial charge in [0.15, 0.2) is 0 Å². The van der Waals surface area contributed by atoms with Crippen molar-refractivity contribution in [3.8, 4) is 11.1 Å². The zero-order valence-corrected chi connectivity index (χ0v) is 16.0. The lowest BCUT2D eigenvalue weighted by Gasteiger charge is -2.40. The zero-order chi connectivity index (χ0) is 18.4. The number of nitrogen functional groups attached to an aromatic ring is 1. The SMILES string of the molecule is CCN1CCC2(CCc3cc(-c4cccc5c(N)nccc45)ccc32)CC1. The first kappa shape index (κ1) is 16.8. The van der Waals surface area contributed by atoms with Gasteiger partial charge in [0.1, 0.15) is 5.82 Å². The molecule has 1 saturated heterocycles. The van der Waals surface area contributed by atoms with Gasteiger partial charge in [-0.2, -0.15) is 0 Å².